The summed E-state index contributed by atoms with van der Waals surface area (Å²) in [7, 11) is 1.68. The van der Waals surface area contributed by atoms with Gasteiger partial charge in [0.25, 0.3) is 5.91 Å². The van der Waals surface area contributed by atoms with Gasteiger partial charge in [-0.15, -0.1) is 5.10 Å². The van der Waals surface area contributed by atoms with Crippen LogP contribution in [0.4, 0.5) is 0 Å². The molecule has 0 fully saturated rings. The number of carbonyl (C=O) groups excluding carboxylic acids is 1. The van der Waals surface area contributed by atoms with Gasteiger partial charge in [0.1, 0.15) is 5.82 Å². The Hall–Kier alpha value is -1.59. The summed E-state index contributed by atoms with van der Waals surface area (Å²) in [5.74, 6) is 0.599. The number of nitrogens with one attached hydrogen (secondary N) is 1. The van der Waals surface area contributed by atoms with Gasteiger partial charge in [0, 0.05) is 30.1 Å². The van der Waals surface area contributed by atoms with E-state index in [1.807, 2.05) is 6.92 Å². The number of hydrogen-bond acceptors (Lipinski definition) is 3. The van der Waals surface area contributed by atoms with Gasteiger partial charge in [-0.25, -0.2) is 4.98 Å². The topological polar surface area (TPSA) is 61.9 Å². The predicted octanol–water partition coefficient (Wildman–Crippen LogP) is 2.95. The van der Waals surface area contributed by atoms with Crippen LogP contribution in [0.3, 0.4) is 0 Å². The quantitative estimate of drug-likeness (QED) is 0.944. The van der Waals surface area contributed by atoms with Gasteiger partial charge < -0.3 is 4.90 Å². The minimum atomic E-state index is -0.253. The van der Waals surface area contributed by atoms with Crippen molar-refractivity contribution in [3.05, 3.63) is 45.5 Å². The molecular formula is C13H14Cl2N4O. The lowest BCUT2D eigenvalue weighted by atomic mass is 10.2. The molecule has 20 heavy (non-hydrogen) atoms. The van der Waals surface area contributed by atoms with E-state index in [0.717, 1.165) is 5.56 Å². The van der Waals surface area contributed by atoms with E-state index in [4.69, 9.17) is 23.2 Å². The fourth-order valence-corrected chi connectivity index (χ4v) is 2.34. The molecule has 2 rings (SSSR count). The highest BCUT2D eigenvalue weighted by Gasteiger charge is 2.17. The molecule has 0 unspecified atom stereocenters. The average molecular weight is 313 g/mol. The largest absolute Gasteiger partial charge is 0.335 e. The third kappa shape index (κ3) is 3.49. The maximum absolute atomic E-state index is 12.2. The lowest BCUT2D eigenvalue weighted by Gasteiger charge is -2.15. The fraction of sp³-hybridized carbons (Fsp3) is 0.308. The number of rotatable bonds is 4. The van der Waals surface area contributed by atoms with Gasteiger partial charge in [0.05, 0.1) is 0 Å². The molecule has 0 atom stereocenters. The molecule has 1 amide bonds. The molecule has 1 aromatic heterocycles. The molecular weight excluding hydrogens is 299 g/mol. The zero-order valence-corrected chi connectivity index (χ0v) is 12.7. The normalized spacial score (nSPS) is 10.6. The van der Waals surface area contributed by atoms with Crippen molar-refractivity contribution in [1.82, 2.24) is 20.1 Å². The third-order valence-corrected chi connectivity index (χ3v) is 3.18. The van der Waals surface area contributed by atoms with Gasteiger partial charge in [-0.2, -0.15) is 0 Å². The summed E-state index contributed by atoms with van der Waals surface area (Å²) >= 11 is 11.9. The van der Waals surface area contributed by atoms with Crippen LogP contribution in [0.15, 0.2) is 18.2 Å². The molecule has 7 heteroatoms. The summed E-state index contributed by atoms with van der Waals surface area (Å²) in [6, 6.07) is 5.19. The van der Waals surface area contributed by atoms with Crippen LogP contribution in [0.2, 0.25) is 10.0 Å². The molecule has 0 saturated heterocycles. The first-order valence-corrected chi connectivity index (χ1v) is 6.87. The Labute approximate surface area is 126 Å². The summed E-state index contributed by atoms with van der Waals surface area (Å²) < 4.78 is 0. The number of halogens is 2. The molecule has 2 aromatic rings. The molecule has 106 valence electrons. The number of carbonyl (C=O) groups is 1. The van der Waals surface area contributed by atoms with E-state index in [1.165, 1.54) is 4.90 Å². The van der Waals surface area contributed by atoms with Crippen LogP contribution in [0.5, 0.6) is 0 Å². The van der Waals surface area contributed by atoms with E-state index in [9.17, 15) is 4.79 Å². The van der Waals surface area contributed by atoms with Crippen LogP contribution < -0.4 is 0 Å². The zero-order chi connectivity index (χ0) is 14.7. The molecule has 0 saturated carbocycles. The second-order valence-corrected chi connectivity index (χ2v) is 5.27. The lowest BCUT2D eigenvalue weighted by molar-refractivity contribution is 0.0773. The fourth-order valence-electron chi connectivity index (χ4n) is 1.77. The summed E-state index contributed by atoms with van der Waals surface area (Å²) in [6.07, 6.45) is 0.702. The number of aromatic nitrogens is 3. The van der Waals surface area contributed by atoms with Crippen LogP contribution >= 0.6 is 23.2 Å². The van der Waals surface area contributed by atoms with Crippen molar-refractivity contribution < 1.29 is 4.79 Å². The Kier molecular flexibility index (Phi) is 4.62. The molecule has 0 spiro atoms. The minimum absolute atomic E-state index is 0.164. The smallest absolute Gasteiger partial charge is 0.293 e. The van der Waals surface area contributed by atoms with Gasteiger partial charge in [-0.1, -0.05) is 30.1 Å². The van der Waals surface area contributed by atoms with Crippen molar-refractivity contribution in [3.63, 3.8) is 0 Å². The lowest BCUT2D eigenvalue weighted by Crippen LogP contribution is -2.27. The van der Waals surface area contributed by atoms with Gasteiger partial charge in [0.2, 0.25) is 5.82 Å². The summed E-state index contributed by atoms with van der Waals surface area (Å²) in [5, 5.41) is 7.71. The number of H-pyrrole nitrogens is 1. The number of aromatic amines is 1. The molecule has 1 N–H and O–H groups in total. The van der Waals surface area contributed by atoms with Crippen molar-refractivity contribution in [2.75, 3.05) is 7.05 Å². The molecule has 5 nitrogen and oxygen atoms in total. The van der Waals surface area contributed by atoms with E-state index < -0.39 is 0 Å². The van der Waals surface area contributed by atoms with E-state index >= 15 is 0 Å². The number of aryl methyl sites for hydroxylation is 1. The average Bonchev–Trinajstić information content (AvgIpc) is 2.85. The van der Waals surface area contributed by atoms with Crippen molar-refractivity contribution in [2.24, 2.45) is 0 Å². The van der Waals surface area contributed by atoms with E-state index in [1.54, 1.807) is 25.2 Å². The van der Waals surface area contributed by atoms with Gasteiger partial charge in [-0.3, -0.25) is 9.89 Å². The van der Waals surface area contributed by atoms with Gasteiger partial charge in [0.15, 0.2) is 0 Å². The van der Waals surface area contributed by atoms with Gasteiger partial charge >= 0.3 is 0 Å². The monoisotopic (exact) mass is 312 g/mol. The van der Waals surface area contributed by atoms with Crippen molar-refractivity contribution >= 4 is 29.1 Å². The van der Waals surface area contributed by atoms with Gasteiger partial charge in [-0.05, 0) is 23.8 Å². The highest BCUT2D eigenvalue weighted by atomic mass is 35.5. The maximum Gasteiger partial charge on any atom is 0.293 e. The standard InChI is InChI=1S/C13H14Cl2N4O/c1-3-11-16-12(18-17-11)13(20)19(2)7-8-4-9(14)6-10(15)5-8/h4-6H,3,7H2,1-2H3,(H,16,17,18). The Morgan fingerprint density at radius 1 is 1.30 bits per heavy atom. The van der Waals surface area contributed by atoms with Crippen LogP contribution in [-0.4, -0.2) is 33.0 Å². The van der Waals surface area contributed by atoms with Crippen molar-refractivity contribution in [2.45, 2.75) is 19.9 Å². The summed E-state index contributed by atoms with van der Waals surface area (Å²) in [6.45, 7) is 2.32. The number of amides is 1. The first-order chi connectivity index (χ1) is 9.49. The Morgan fingerprint density at radius 3 is 2.50 bits per heavy atom. The van der Waals surface area contributed by atoms with Crippen LogP contribution in [0.25, 0.3) is 0 Å². The summed E-state index contributed by atoms with van der Waals surface area (Å²) in [4.78, 5) is 17.8. The van der Waals surface area contributed by atoms with Crippen LogP contribution in [-0.2, 0) is 13.0 Å². The molecule has 0 radical (unpaired) electrons. The minimum Gasteiger partial charge on any atom is -0.335 e. The van der Waals surface area contributed by atoms with Crippen LogP contribution in [0, 0.1) is 0 Å². The summed E-state index contributed by atoms with van der Waals surface area (Å²) in [5.41, 5.74) is 0.851. The molecule has 0 aliphatic heterocycles. The SMILES string of the molecule is CCc1nc(C(=O)N(C)Cc2cc(Cl)cc(Cl)c2)n[nH]1. The Morgan fingerprint density at radius 2 is 1.95 bits per heavy atom. The number of benzene rings is 1. The number of nitrogens with zero attached hydrogens (tertiary/aromatic N) is 3. The number of hydrogen-bond donors (Lipinski definition) is 1. The Balaban J connectivity index is 2.10. The molecule has 1 heterocycles. The molecule has 0 aliphatic carbocycles. The third-order valence-electron chi connectivity index (χ3n) is 2.75. The Bertz CT molecular complexity index is 606. The molecule has 1 aromatic carbocycles. The maximum atomic E-state index is 12.2. The second-order valence-electron chi connectivity index (χ2n) is 4.40. The highest BCUT2D eigenvalue weighted by molar-refractivity contribution is 6.34. The molecule has 0 aliphatic rings. The predicted molar refractivity (Wildman–Crippen MR) is 78.0 cm³/mol. The first kappa shape index (κ1) is 14.8. The highest BCUT2D eigenvalue weighted by Crippen LogP contribution is 2.20. The second kappa shape index (κ2) is 6.24. The van der Waals surface area contributed by atoms with E-state index in [0.29, 0.717) is 28.8 Å². The van der Waals surface area contributed by atoms with Crippen molar-refractivity contribution in [3.8, 4) is 0 Å². The zero-order valence-electron chi connectivity index (χ0n) is 11.2. The van der Waals surface area contributed by atoms with E-state index in [2.05, 4.69) is 15.2 Å². The van der Waals surface area contributed by atoms with Crippen LogP contribution in [0.1, 0.15) is 28.9 Å². The molecule has 0 bridgehead atoms. The van der Waals surface area contributed by atoms with E-state index in [-0.39, 0.29) is 11.7 Å². The first-order valence-electron chi connectivity index (χ1n) is 6.11. The van der Waals surface area contributed by atoms with Crippen molar-refractivity contribution in [1.29, 1.82) is 0 Å².